The number of aliphatic hydroxyl groups excluding tert-OH is 1. The number of halogens is 3. The molecule has 6 heteroatoms. The van der Waals surface area contributed by atoms with E-state index in [1.54, 1.807) is 6.92 Å². The van der Waals surface area contributed by atoms with Gasteiger partial charge in [-0.3, -0.25) is 4.98 Å². The second kappa shape index (κ2) is 4.48. The Morgan fingerprint density at radius 2 is 2.13 bits per heavy atom. The second-order valence-corrected chi connectivity index (χ2v) is 3.00. The van der Waals surface area contributed by atoms with Gasteiger partial charge in [0.15, 0.2) is 6.61 Å². The largest absolute Gasteiger partial charge is 0.482 e. The van der Waals surface area contributed by atoms with Crippen LogP contribution in [0.25, 0.3) is 0 Å². The van der Waals surface area contributed by atoms with Crippen LogP contribution in [0, 0.1) is 6.92 Å². The zero-order valence-electron chi connectivity index (χ0n) is 8.01. The Morgan fingerprint density at radius 3 is 2.60 bits per heavy atom. The summed E-state index contributed by atoms with van der Waals surface area (Å²) in [5.74, 6) is 0.0736. The lowest BCUT2D eigenvalue weighted by Crippen LogP contribution is -2.19. The van der Waals surface area contributed by atoms with Crippen molar-refractivity contribution in [2.45, 2.75) is 19.7 Å². The van der Waals surface area contributed by atoms with Crippen molar-refractivity contribution in [1.29, 1.82) is 0 Å². The molecule has 0 fully saturated rings. The summed E-state index contributed by atoms with van der Waals surface area (Å²) in [6, 6.07) is 1.48. The van der Waals surface area contributed by atoms with E-state index >= 15 is 0 Å². The monoisotopic (exact) mass is 221 g/mol. The fourth-order valence-electron chi connectivity index (χ4n) is 0.999. The van der Waals surface area contributed by atoms with Gasteiger partial charge in [-0.05, 0) is 18.6 Å². The highest BCUT2D eigenvalue weighted by atomic mass is 19.4. The summed E-state index contributed by atoms with van der Waals surface area (Å²) in [6.45, 7) is 0.000923. The van der Waals surface area contributed by atoms with Crippen molar-refractivity contribution in [2.24, 2.45) is 0 Å². The number of pyridine rings is 1. The lowest BCUT2D eigenvalue weighted by Gasteiger charge is -2.11. The lowest BCUT2D eigenvalue weighted by molar-refractivity contribution is -0.153. The van der Waals surface area contributed by atoms with Crippen LogP contribution < -0.4 is 4.74 Å². The van der Waals surface area contributed by atoms with Gasteiger partial charge < -0.3 is 9.84 Å². The minimum absolute atomic E-state index is 0.0736. The van der Waals surface area contributed by atoms with Gasteiger partial charge in [-0.1, -0.05) is 0 Å². The van der Waals surface area contributed by atoms with Crippen molar-refractivity contribution in [3.63, 3.8) is 0 Å². The van der Waals surface area contributed by atoms with Crippen LogP contribution >= 0.6 is 0 Å². The van der Waals surface area contributed by atoms with Crippen LogP contribution in [0.15, 0.2) is 12.3 Å². The Bertz CT molecular complexity index is 339. The summed E-state index contributed by atoms with van der Waals surface area (Å²) in [4.78, 5) is 3.72. The molecule has 15 heavy (non-hydrogen) atoms. The molecule has 84 valence electrons. The normalized spacial score (nSPS) is 11.5. The Balaban J connectivity index is 2.70. The molecule has 1 N–H and O–H groups in total. The van der Waals surface area contributed by atoms with Gasteiger partial charge in [0, 0.05) is 0 Å². The third-order valence-corrected chi connectivity index (χ3v) is 1.67. The van der Waals surface area contributed by atoms with Gasteiger partial charge in [0.2, 0.25) is 0 Å². The van der Waals surface area contributed by atoms with E-state index in [9.17, 15) is 13.2 Å². The average molecular weight is 221 g/mol. The highest BCUT2D eigenvalue weighted by molar-refractivity contribution is 5.30. The summed E-state index contributed by atoms with van der Waals surface area (Å²) in [5, 5.41) is 8.73. The molecule has 1 aromatic heterocycles. The maximum absolute atomic E-state index is 11.8. The van der Waals surface area contributed by atoms with Gasteiger partial charge in [0.1, 0.15) is 5.75 Å². The molecule has 0 aromatic carbocycles. The minimum atomic E-state index is -4.36. The van der Waals surface area contributed by atoms with Crippen LogP contribution in [0.2, 0.25) is 0 Å². The molecule has 0 aliphatic carbocycles. The molecule has 0 unspecified atom stereocenters. The fourth-order valence-corrected chi connectivity index (χ4v) is 0.999. The Hall–Kier alpha value is -1.30. The summed E-state index contributed by atoms with van der Waals surface area (Å²) >= 11 is 0. The Labute approximate surface area is 84.5 Å². The van der Waals surface area contributed by atoms with Crippen LogP contribution in [0.3, 0.4) is 0 Å². The average Bonchev–Trinajstić information content (AvgIpc) is 2.14. The Morgan fingerprint density at radius 1 is 1.47 bits per heavy atom. The standard InChI is InChI=1S/C9H10F3NO2/c1-6-2-7(4-14)13-3-8(6)15-5-9(10,11)12/h2-3,14H,4-5H2,1H3. The first-order valence-electron chi connectivity index (χ1n) is 4.18. The highest BCUT2D eigenvalue weighted by Gasteiger charge is 2.28. The van der Waals surface area contributed by atoms with Crippen molar-refractivity contribution in [2.75, 3.05) is 6.61 Å². The fraction of sp³-hybridized carbons (Fsp3) is 0.444. The summed E-state index contributed by atoms with van der Waals surface area (Å²) in [7, 11) is 0. The van der Waals surface area contributed by atoms with Gasteiger partial charge in [-0.2, -0.15) is 13.2 Å². The number of ether oxygens (including phenoxy) is 1. The van der Waals surface area contributed by atoms with Crippen LogP contribution in [0.1, 0.15) is 11.3 Å². The van der Waals surface area contributed by atoms with Gasteiger partial charge in [-0.25, -0.2) is 0 Å². The maximum atomic E-state index is 11.8. The van der Waals surface area contributed by atoms with E-state index in [0.717, 1.165) is 0 Å². The molecular formula is C9H10F3NO2. The topological polar surface area (TPSA) is 42.4 Å². The maximum Gasteiger partial charge on any atom is 0.422 e. The smallest absolute Gasteiger partial charge is 0.422 e. The van der Waals surface area contributed by atoms with Crippen LogP contribution in [0.5, 0.6) is 5.75 Å². The van der Waals surface area contributed by atoms with Crippen LogP contribution in [-0.4, -0.2) is 22.9 Å². The predicted octanol–water partition coefficient (Wildman–Crippen LogP) is 1.82. The van der Waals surface area contributed by atoms with Crippen molar-refractivity contribution in [1.82, 2.24) is 4.98 Å². The molecule has 0 saturated heterocycles. The van der Waals surface area contributed by atoms with E-state index < -0.39 is 12.8 Å². The van der Waals surface area contributed by atoms with Crippen LogP contribution in [0.4, 0.5) is 13.2 Å². The molecule has 0 spiro atoms. The number of aliphatic hydroxyl groups is 1. The first kappa shape index (κ1) is 11.8. The molecule has 0 radical (unpaired) electrons. The molecule has 0 aliphatic rings. The van der Waals surface area contributed by atoms with E-state index in [2.05, 4.69) is 9.72 Å². The van der Waals surface area contributed by atoms with Crippen molar-refractivity contribution >= 4 is 0 Å². The summed E-state index contributed by atoms with van der Waals surface area (Å²) in [5.41, 5.74) is 0.908. The van der Waals surface area contributed by atoms with Gasteiger partial charge in [0.25, 0.3) is 0 Å². The molecule has 1 heterocycles. The van der Waals surface area contributed by atoms with Crippen LogP contribution in [-0.2, 0) is 6.61 Å². The molecule has 3 nitrogen and oxygen atoms in total. The lowest BCUT2D eigenvalue weighted by atomic mass is 10.2. The molecule has 0 aliphatic heterocycles. The predicted molar refractivity (Wildman–Crippen MR) is 46.4 cm³/mol. The van der Waals surface area contributed by atoms with Gasteiger partial charge in [-0.15, -0.1) is 0 Å². The SMILES string of the molecule is Cc1cc(CO)ncc1OCC(F)(F)F. The molecule has 0 atom stereocenters. The van der Waals surface area contributed by atoms with E-state index in [1.165, 1.54) is 12.3 Å². The zero-order valence-corrected chi connectivity index (χ0v) is 8.01. The number of hydrogen-bond donors (Lipinski definition) is 1. The molecule has 1 aromatic rings. The molecule has 0 amide bonds. The molecular weight excluding hydrogens is 211 g/mol. The number of rotatable bonds is 3. The second-order valence-electron chi connectivity index (χ2n) is 3.00. The minimum Gasteiger partial charge on any atom is -0.482 e. The number of hydrogen-bond acceptors (Lipinski definition) is 3. The van der Waals surface area contributed by atoms with Crippen molar-refractivity contribution in [3.8, 4) is 5.75 Å². The Kier molecular flexibility index (Phi) is 3.52. The molecule has 0 saturated carbocycles. The van der Waals surface area contributed by atoms with E-state index in [4.69, 9.17) is 5.11 Å². The first-order chi connectivity index (χ1) is 6.92. The zero-order chi connectivity index (χ0) is 11.5. The third-order valence-electron chi connectivity index (χ3n) is 1.67. The van der Waals surface area contributed by atoms with Gasteiger partial charge >= 0.3 is 6.18 Å². The van der Waals surface area contributed by atoms with Crippen molar-refractivity contribution < 1.29 is 23.0 Å². The number of aromatic nitrogens is 1. The third kappa shape index (κ3) is 3.75. The number of alkyl halides is 3. The number of aryl methyl sites for hydroxylation is 1. The summed E-state index contributed by atoms with van der Waals surface area (Å²) < 4.78 is 40.0. The quantitative estimate of drug-likeness (QED) is 0.846. The number of nitrogens with zero attached hydrogens (tertiary/aromatic N) is 1. The van der Waals surface area contributed by atoms with E-state index in [-0.39, 0.29) is 12.4 Å². The van der Waals surface area contributed by atoms with Gasteiger partial charge in [0.05, 0.1) is 18.5 Å². The highest BCUT2D eigenvalue weighted by Crippen LogP contribution is 2.21. The first-order valence-corrected chi connectivity index (χ1v) is 4.18. The van der Waals surface area contributed by atoms with Crippen molar-refractivity contribution in [3.05, 3.63) is 23.5 Å². The summed E-state index contributed by atoms with van der Waals surface area (Å²) in [6.07, 6.45) is -3.19. The van der Waals surface area contributed by atoms with E-state index in [0.29, 0.717) is 11.3 Å². The van der Waals surface area contributed by atoms with E-state index in [1.807, 2.05) is 0 Å². The molecule has 1 rings (SSSR count). The molecule has 0 bridgehead atoms.